The van der Waals surface area contributed by atoms with E-state index in [-0.39, 0.29) is 18.9 Å². The van der Waals surface area contributed by atoms with Crippen LogP contribution in [0.25, 0.3) is 0 Å². The first-order valence-electron chi connectivity index (χ1n) is 2.73. The summed E-state index contributed by atoms with van der Waals surface area (Å²) in [5.41, 5.74) is 5.23. The van der Waals surface area contributed by atoms with Gasteiger partial charge in [0.15, 0.2) is 0 Å². The second-order valence-corrected chi connectivity index (χ2v) is 2.36. The highest BCUT2D eigenvalue weighted by atomic mass is 19.3. The highest BCUT2D eigenvalue weighted by molar-refractivity contribution is 4.82. The maximum absolute atomic E-state index is 12.1. The zero-order chi connectivity index (χ0) is 6.20. The molecule has 1 aliphatic carbocycles. The van der Waals surface area contributed by atoms with Gasteiger partial charge in [0.1, 0.15) is 0 Å². The summed E-state index contributed by atoms with van der Waals surface area (Å²) in [4.78, 5) is 0. The van der Waals surface area contributed by atoms with Crippen molar-refractivity contribution in [2.24, 2.45) is 5.73 Å². The standard InChI is InChI=1S/C5H9F2N/c6-5(7)2-1-4(8)3-5/h4H,1-3,8H2/t4-/m0/s1. The number of hydrogen-bond acceptors (Lipinski definition) is 1. The van der Waals surface area contributed by atoms with Gasteiger partial charge in [0.25, 0.3) is 0 Å². The van der Waals surface area contributed by atoms with Crippen LogP contribution in [0.3, 0.4) is 0 Å². The van der Waals surface area contributed by atoms with Crippen molar-refractivity contribution in [2.45, 2.75) is 31.2 Å². The van der Waals surface area contributed by atoms with Gasteiger partial charge in [0.2, 0.25) is 5.92 Å². The van der Waals surface area contributed by atoms with Crippen LogP contribution >= 0.6 is 0 Å². The number of hydrogen-bond donors (Lipinski definition) is 1. The molecule has 1 saturated carbocycles. The average Bonchev–Trinajstić information content (AvgIpc) is 1.82. The van der Waals surface area contributed by atoms with Gasteiger partial charge in [-0.05, 0) is 6.42 Å². The van der Waals surface area contributed by atoms with Gasteiger partial charge >= 0.3 is 0 Å². The maximum Gasteiger partial charge on any atom is 0.249 e. The zero-order valence-electron chi connectivity index (χ0n) is 4.53. The Bertz CT molecular complexity index is 92.4. The molecule has 1 atom stereocenters. The molecule has 1 nitrogen and oxygen atoms in total. The van der Waals surface area contributed by atoms with Crippen molar-refractivity contribution in [3.05, 3.63) is 0 Å². The molecule has 0 aromatic heterocycles. The molecule has 3 heteroatoms. The largest absolute Gasteiger partial charge is 0.327 e. The molecule has 0 heterocycles. The zero-order valence-corrected chi connectivity index (χ0v) is 4.53. The van der Waals surface area contributed by atoms with E-state index >= 15 is 0 Å². The first kappa shape index (κ1) is 5.95. The van der Waals surface area contributed by atoms with Gasteiger partial charge in [-0.15, -0.1) is 0 Å². The maximum atomic E-state index is 12.1. The summed E-state index contributed by atoms with van der Waals surface area (Å²) < 4.78 is 24.2. The van der Waals surface area contributed by atoms with E-state index in [2.05, 4.69) is 0 Å². The topological polar surface area (TPSA) is 26.0 Å². The molecule has 0 bridgehead atoms. The van der Waals surface area contributed by atoms with Gasteiger partial charge in [-0.1, -0.05) is 0 Å². The van der Waals surface area contributed by atoms with Crippen LogP contribution < -0.4 is 5.73 Å². The van der Waals surface area contributed by atoms with Gasteiger partial charge < -0.3 is 5.73 Å². The van der Waals surface area contributed by atoms with Crippen LogP contribution in [0.1, 0.15) is 19.3 Å². The van der Waals surface area contributed by atoms with Crippen molar-refractivity contribution in [1.29, 1.82) is 0 Å². The molecule has 0 saturated heterocycles. The first-order valence-corrected chi connectivity index (χ1v) is 2.73. The molecule has 8 heavy (non-hydrogen) atoms. The van der Waals surface area contributed by atoms with Crippen LogP contribution in [0.4, 0.5) is 8.78 Å². The molecule has 2 N–H and O–H groups in total. The number of alkyl halides is 2. The van der Waals surface area contributed by atoms with Crippen LogP contribution in [0.5, 0.6) is 0 Å². The lowest BCUT2D eigenvalue weighted by molar-refractivity contribution is 0.00803. The average molecular weight is 121 g/mol. The van der Waals surface area contributed by atoms with E-state index in [1.165, 1.54) is 0 Å². The van der Waals surface area contributed by atoms with Crippen molar-refractivity contribution in [2.75, 3.05) is 0 Å². The molecule has 0 unspecified atom stereocenters. The van der Waals surface area contributed by atoms with E-state index in [1.807, 2.05) is 0 Å². The molecule has 0 amide bonds. The van der Waals surface area contributed by atoms with Gasteiger partial charge in [-0.25, -0.2) is 8.78 Å². The van der Waals surface area contributed by atoms with E-state index < -0.39 is 5.92 Å². The van der Waals surface area contributed by atoms with Crippen LogP contribution in [-0.2, 0) is 0 Å². The lowest BCUT2D eigenvalue weighted by Gasteiger charge is -2.04. The third kappa shape index (κ3) is 1.15. The fraction of sp³-hybridized carbons (Fsp3) is 1.00. The quantitative estimate of drug-likeness (QED) is 0.510. The van der Waals surface area contributed by atoms with Gasteiger partial charge in [-0.3, -0.25) is 0 Å². The third-order valence-electron chi connectivity index (χ3n) is 1.44. The van der Waals surface area contributed by atoms with Crippen molar-refractivity contribution in [3.8, 4) is 0 Å². The minimum absolute atomic E-state index is 0.0197. The van der Waals surface area contributed by atoms with Crippen molar-refractivity contribution < 1.29 is 8.78 Å². The fourth-order valence-electron chi connectivity index (χ4n) is 0.984. The number of rotatable bonds is 0. The van der Waals surface area contributed by atoms with Gasteiger partial charge in [0, 0.05) is 18.9 Å². The van der Waals surface area contributed by atoms with Gasteiger partial charge in [-0.2, -0.15) is 0 Å². The molecule has 0 radical (unpaired) electrons. The Kier molecular flexibility index (Phi) is 1.23. The molecule has 1 aliphatic rings. The Morgan fingerprint density at radius 2 is 2.12 bits per heavy atom. The minimum Gasteiger partial charge on any atom is -0.327 e. The molecule has 1 fully saturated rings. The monoisotopic (exact) mass is 121 g/mol. The lowest BCUT2D eigenvalue weighted by atomic mass is 10.3. The molecule has 0 aromatic rings. The van der Waals surface area contributed by atoms with Crippen molar-refractivity contribution in [3.63, 3.8) is 0 Å². The third-order valence-corrected chi connectivity index (χ3v) is 1.44. The summed E-state index contributed by atoms with van der Waals surface area (Å²) in [5.74, 6) is -2.46. The van der Waals surface area contributed by atoms with Crippen LogP contribution in [-0.4, -0.2) is 12.0 Å². The first-order chi connectivity index (χ1) is 3.60. The molecule has 48 valence electrons. The fourth-order valence-corrected chi connectivity index (χ4v) is 0.984. The minimum atomic E-state index is -2.46. The Morgan fingerprint density at radius 1 is 1.50 bits per heavy atom. The summed E-state index contributed by atoms with van der Waals surface area (Å²) in [6, 6.07) is -0.259. The van der Waals surface area contributed by atoms with E-state index in [0.29, 0.717) is 6.42 Å². The van der Waals surface area contributed by atoms with Crippen LogP contribution in [0.2, 0.25) is 0 Å². The van der Waals surface area contributed by atoms with Crippen LogP contribution in [0, 0.1) is 0 Å². The summed E-state index contributed by atoms with van der Waals surface area (Å²) >= 11 is 0. The Balaban J connectivity index is 2.44. The smallest absolute Gasteiger partial charge is 0.249 e. The van der Waals surface area contributed by atoms with Crippen LogP contribution in [0.15, 0.2) is 0 Å². The molecule has 0 aliphatic heterocycles. The lowest BCUT2D eigenvalue weighted by Crippen LogP contribution is -2.18. The number of nitrogens with two attached hydrogens (primary N) is 1. The predicted octanol–water partition coefficient (Wildman–Crippen LogP) is 1.13. The second-order valence-electron chi connectivity index (χ2n) is 2.36. The Labute approximate surface area is 46.9 Å². The summed E-state index contributed by atoms with van der Waals surface area (Å²) in [5, 5.41) is 0. The highest BCUT2D eigenvalue weighted by Crippen LogP contribution is 2.33. The Morgan fingerprint density at radius 3 is 2.25 bits per heavy atom. The number of halogens is 2. The molecular weight excluding hydrogens is 112 g/mol. The van der Waals surface area contributed by atoms with Crippen molar-refractivity contribution in [1.82, 2.24) is 0 Å². The van der Waals surface area contributed by atoms with E-state index in [9.17, 15) is 8.78 Å². The van der Waals surface area contributed by atoms with Gasteiger partial charge in [0.05, 0.1) is 0 Å². The SMILES string of the molecule is N[C@H]1CCC(F)(F)C1. The normalized spacial score (nSPS) is 35.6. The second kappa shape index (κ2) is 1.65. The molecule has 0 spiro atoms. The van der Waals surface area contributed by atoms with E-state index in [4.69, 9.17) is 5.73 Å². The molecule has 0 aromatic carbocycles. The van der Waals surface area contributed by atoms with Crippen molar-refractivity contribution >= 4 is 0 Å². The summed E-state index contributed by atoms with van der Waals surface area (Å²) in [6.45, 7) is 0. The molecular formula is C5H9F2N. The predicted molar refractivity (Wildman–Crippen MR) is 26.8 cm³/mol. The highest BCUT2D eigenvalue weighted by Gasteiger charge is 2.37. The molecule has 1 rings (SSSR count). The Hall–Kier alpha value is -0.180. The summed E-state index contributed by atoms with van der Waals surface area (Å²) in [7, 11) is 0. The van der Waals surface area contributed by atoms with E-state index in [0.717, 1.165) is 0 Å². The summed E-state index contributed by atoms with van der Waals surface area (Å²) in [6.07, 6.45) is 0.341. The van der Waals surface area contributed by atoms with E-state index in [1.54, 1.807) is 0 Å².